The Balaban J connectivity index is 1.92. The molecule has 4 nitrogen and oxygen atoms in total. The number of hydrogen-bond acceptors (Lipinski definition) is 3. The summed E-state index contributed by atoms with van der Waals surface area (Å²) in [6.07, 6.45) is 5.76. The number of hydrogen-bond donors (Lipinski definition) is 0. The van der Waals surface area contributed by atoms with E-state index in [9.17, 15) is 4.79 Å². The molecule has 0 aromatic carbocycles. The first-order chi connectivity index (χ1) is 9.36. The van der Waals surface area contributed by atoms with Gasteiger partial charge in [-0.05, 0) is 25.7 Å². The first kappa shape index (κ1) is 14.1. The summed E-state index contributed by atoms with van der Waals surface area (Å²) in [6.45, 7) is 5.40. The molecule has 4 heteroatoms. The van der Waals surface area contributed by atoms with Crippen LogP contribution in [-0.2, 0) is 14.3 Å². The number of carbonyl (C=O) groups excluding carboxylic acids is 1. The van der Waals surface area contributed by atoms with Crippen molar-refractivity contribution < 1.29 is 19.0 Å². The van der Waals surface area contributed by atoms with Crippen LogP contribution in [0.25, 0.3) is 0 Å². The highest BCUT2D eigenvalue weighted by molar-refractivity contribution is 5.87. The number of rotatable bonds is 4. The zero-order valence-corrected chi connectivity index (χ0v) is 12.7. The van der Waals surface area contributed by atoms with Gasteiger partial charge >= 0.3 is 5.97 Å². The van der Waals surface area contributed by atoms with E-state index in [1.54, 1.807) is 14.0 Å². The Kier molecular flexibility index (Phi) is 3.04. The van der Waals surface area contributed by atoms with E-state index < -0.39 is 5.60 Å². The molecule has 4 saturated carbocycles. The molecule has 0 amide bonds. The molecule has 4 atom stereocenters. The largest absolute Gasteiger partial charge is 0.455 e. The van der Waals surface area contributed by atoms with Gasteiger partial charge < -0.3 is 14.2 Å². The molecule has 0 heterocycles. The van der Waals surface area contributed by atoms with Gasteiger partial charge in [0.25, 0.3) is 0 Å². The Hall–Kier alpha value is -0.870. The van der Waals surface area contributed by atoms with E-state index in [4.69, 9.17) is 9.47 Å². The lowest BCUT2D eigenvalue weighted by atomic mass is 9.50. The summed E-state index contributed by atoms with van der Waals surface area (Å²) in [7, 11) is 3.68. The second-order valence-corrected chi connectivity index (χ2v) is 7.20. The maximum Gasteiger partial charge on any atom is 0.333 e. The summed E-state index contributed by atoms with van der Waals surface area (Å²) in [5.74, 6) is 0.275. The Labute approximate surface area is 120 Å². The minimum atomic E-state index is -0.398. The third-order valence-electron chi connectivity index (χ3n) is 5.50. The van der Waals surface area contributed by atoms with Crippen molar-refractivity contribution in [2.75, 3.05) is 14.2 Å². The van der Waals surface area contributed by atoms with Crippen molar-refractivity contribution in [3.63, 3.8) is 0 Å². The Morgan fingerprint density at radius 3 is 2.45 bits per heavy atom. The average Bonchev–Trinajstić information content (AvgIpc) is 2.36. The van der Waals surface area contributed by atoms with Gasteiger partial charge in [0.1, 0.15) is 12.7 Å². The summed E-state index contributed by atoms with van der Waals surface area (Å²) in [5.41, 5.74) is -0.154. The van der Waals surface area contributed by atoms with Crippen LogP contribution in [0, 0.1) is 5.92 Å². The molecule has 4 aliphatic rings. The van der Waals surface area contributed by atoms with Gasteiger partial charge in [-0.25, -0.2) is 4.79 Å². The molecule has 0 aliphatic heterocycles. The maximum absolute atomic E-state index is 12.0. The van der Waals surface area contributed by atoms with Gasteiger partial charge in [-0.1, -0.05) is 6.58 Å². The molecule has 0 radical (unpaired) electrons. The minimum Gasteiger partial charge on any atom is -0.455 e. The number of ether oxygens (including phenoxy) is 3. The quantitative estimate of drug-likeness (QED) is 0.450. The fourth-order valence-corrected chi connectivity index (χ4v) is 5.09. The lowest BCUT2D eigenvalue weighted by Crippen LogP contribution is -2.68. The standard InChI is InChI=1S/C16H24O4/c1-11(2)13(17)20-16-7-12-5-14(9-16,18-3)8-15(6-12,10-16)19-4/h12H,1,5-10H2,2-4H3/p+1. The summed E-state index contributed by atoms with van der Waals surface area (Å²) in [5, 5.41) is 0. The van der Waals surface area contributed by atoms with Crippen molar-refractivity contribution >= 4 is 5.97 Å². The molecule has 1 N–H and O–H groups in total. The molecule has 0 saturated heterocycles. The van der Waals surface area contributed by atoms with Gasteiger partial charge in [0.05, 0.1) is 18.4 Å². The normalized spacial score (nSPS) is 45.5. The molecule has 0 aromatic heterocycles. The Bertz CT molecular complexity index is 435. The fourth-order valence-electron chi connectivity index (χ4n) is 5.09. The second kappa shape index (κ2) is 4.31. The summed E-state index contributed by atoms with van der Waals surface area (Å²) < 4.78 is 16.4. The first-order valence-electron chi connectivity index (χ1n) is 7.41. The Morgan fingerprint density at radius 2 is 1.85 bits per heavy atom. The average molecular weight is 281 g/mol. The molecule has 0 spiro atoms. The SMILES string of the molecule is C=C(C)C(=O)OC12CC3CC(OC)(C1)CC([OH+]C)(C3)C2. The van der Waals surface area contributed by atoms with E-state index in [1.165, 1.54) is 0 Å². The van der Waals surface area contributed by atoms with E-state index in [0.29, 0.717) is 11.5 Å². The Morgan fingerprint density at radius 1 is 1.20 bits per heavy atom. The van der Waals surface area contributed by atoms with Gasteiger partial charge in [-0.2, -0.15) is 0 Å². The second-order valence-electron chi connectivity index (χ2n) is 7.20. The minimum absolute atomic E-state index is 0.0647. The topological polar surface area (TPSA) is 48.3 Å². The summed E-state index contributed by atoms with van der Waals surface area (Å²) in [4.78, 5) is 12.0. The molecule has 112 valence electrons. The maximum atomic E-state index is 12.0. The molecule has 4 fully saturated rings. The van der Waals surface area contributed by atoms with E-state index in [2.05, 4.69) is 11.3 Å². The van der Waals surface area contributed by atoms with Crippen molar-refractivity contribution in [1.29, 1.82) is 0 Å². The van der Waals surface area contributed by atoms with Crippen LogP contribution < -0.4 is 0 Å². The zero-order valence-electron chi connectivity index (χ0n) is 12.7. The van der Waals surface area contributed by atoms with E-state index in [0.717, 1.165) is 38.5 Å². The third kappa shape index (κ3) is 2.01. The number of aliphatic hydroxyl groups is 2. The van der Waals surface area contributed by atoms with Crippen LogP contribution in [0.1, 0.15) is 45.4 Å². The van der Waals surface area contributed by atoms with Gasteiger partial charge in [0.2, 0.25) is 0 Å². The number of esters is 1. The molecule has 20 heavy (non-hydrogen) atoms. The van der Waals surface area contributed by atoms with Crippen LogP contribution in [0.15, 0.2) is 12.2 Å². The molecule has 4 aliphatic carbocycles. The van der Waals surface area contributed by atoms with Crippen LogP contribution >= 0.6 is 0 Å². The third-order valence-corrected chi connectivity index (χ3v) is 5.50. The lowest BCUT2D eigenvalue weighted by molar-refractivity contribution is -0.310. The van der Waals surface area contributed by atoms with Crippen molar-refractivity contribution in [2.24, 2.45) is 5.92 Å². The lowest BCUT2D eigenvalue weighted by Gasteiger charge is -2.62. The molecule has 4 unspecified atom stereocenters. The van der Waals surface area contributed by atoms with Crippen molar-refractivity contribution in [3.8, 4) is 0 Å². The summed E-state index contributed by atoms with van der Waals surface area (Å²) >= 11 is 0. The van der Waals surface area contributed by atoms with E-state index in [1.807, 2.05) is 7.11 Å². The van der Waals surface area contributed by atoms with Crippen LogP contribution in [0.5, 0.6) is 0 Å². The predicted octanol–water partition coefficient (Wildman–Crippen LogP) is 2.12. The highest BCUT2D eigenvalue weighted by atomic mass is 16.6. The molecular formula is C16H25O4+. The van der Waals surface area contributed by atoms with Crippen LogP contribution in [-0.4, -0.2) is 41.7 Å². The highest BCUT2D eigenvalue weighted by Crippen LogP contribution is 2.62. The van der Waals surface area contributed by atoms with Gasteiger partial charge in [0.15, 0.2) is 5.60 Å². The van der Waals surface area contributed by atoms with Crippen molar-refractivity contribution in [2.45, 2.75) is 62.3 Å². The van der Waals surface area contributed by atoms with Gasteiger partial charge in [-0.15, -0.1) is 0 Å². The molecule has 4 bridgehead atoms. The van der Waals surface area contributed by atoms with Crippen LogP contribution in [0.2, 0.25) is 0 Å². The number of methoxy groups -OCH3 is 1. The first-order valence-corrected chi connectivity index (χ1v) is 7.41. The molecule has 4 rings (SSSR count). The van der Waals surface area contributed by atoms with Gasteiger partial charge in [0, 0.05) is 25.5 Å². The number of carbonyl (C=O) groups is 1. The predicted molar refractivity (Wildman–Crippen MR) is 75.4 cm³/mol. The zero-order chi connectivity index (χ0) is 14.6. The highest BCUT2D eigenvalue weighted by Gasteiger charge is 2.68. The molecular weight excluding hydrogens is 256 g/mol. The van der Waals surface area contributed by atoms with Crippen molar-refractivity contribution in [1.82, 2.24) is 0 Å². The summed E-state index contributed by atoms with van der Waals surface area (Å²) in [6, 6.07) is 0. The van der Waals surface area contributed by atoms with Gasteiger partial charge in [-0.3, -0.25) is 0 Å². The monoisotopic (exact) mass is 281 g/mol. The smallest absolute Gasteiger partial charge is 0.333 e. The van der Waals surface area contributed by atoms with E-state index >= 15 is 0 Å². The van der Waals surface area contributed by atoms with Crippen molar-refractivity contribution in [3.05, 3.63) is 12.2 Å². The molecule has 0 aromatic rings. The van der Waals surface area contributed by atoms with Crippen LogP contribution in [0.4, 0.5) is 0 Å². The fraction of sp³-hybridized carbons (Fsp3) is 0.812. The van der Waals surface area contributed by atoms with Crippen LogP contribution in [0.3, 0.4) is 0 Å². The van der Waals surface area contributed by atoms with E-state index in [-0.39, 0.29) is 17.2 Å².